The zero-order valence-electron chi connectivity index (χ0n) is 15.2. The van der Waals surface area contributed by atoms with Crippen LogP contribution in [-0.2, 0) is 17.8 Å². The summed E-state index contributed by atoms with van der Waals surface area (Å²) >= 11 is 3.07. The number of hydrogen-bond acceptors (Lipinski definition) is 5. The molecule has 2 heterocycles. The number of aromatic nitrogens is 3. The minimum Gasteiger partial charge on any atom is -0.325 e. The SMILES string of the molecule is CCCn1c(SCC(=O)Nc2ccc(F)cc2)nnc1-c1csc(CC)c1. The average Bonchev–Trinajstić information content (AvgIpc) is 3.29. The van der Waals surface area contributed by atoms with Gasteiger partial charge in [-0.05, 0) is 43.2 Å². The fourth-order valence-corrected chi connectivity index (χ4v) is 4.16. The number of rotatable bonds is 8. The molecule has 3 aromatic rings. The summed E-state index contributed by atoms with van der Waals surface area (Å²) in [6, 6.07) is 7.86. The van der Waals surface area contributed by atoms with E-state index in [4.69, 9.17) is 0 Å². The maximum atomic E-state index is 12.9. The lowest BCUT2D eigenvalue weighted by Gasteiger charge is -2.08. The van der Waals surface area contributed by atoms with Crippen molar-refractivity contribution in [3.63, 3.8) is 0 Å². The second-order valence-electron chi connectivity index (χ2n) is 5.96. The van der Waals surface area contributed by atoms with E-state index in [2.05, 4.69) is 45.4 Å². The van der Waals surface area contributed by atoms with E-state index in [1.807, 2.05) is 0 Å². The van der Waals surface area contributed by atoms with Gasteiger partial charge in [0.15, 0.2) is 11.0 Å². The number of carbonyl (C=O) groups excluding carboxylic acids is 1. The molecule has 0 unspecified atom stereocenters. The molecule has 0 saturated heterocycles. The van der Waals surface area contributed by atoms with Crippen LogP contribution in [0.15, 0.2) is 40.9 Å². The predicted octanol–water partition coefficient (Wildman–Crippen LogP) is 4.85. The molecule has 1 amide bonds. The molecule has 0 aliphatic carbocycles. The first-order chi connectivity index (χ1) is 13.1. The monoisotopic (exact) mass is 404 g/mol. The Morgan fingerprint density at radius 1 is 1.26 bits per heavy atom. The molecule has 1 aromatic carbocycles. The van der Waals surface area contributed by atoms with Gasteiger partial charge in [-0.2, -0.15) is 0 Å². The summed E-state index contributed by atoms with van der Waals surface area (Å²) in [5.74, 6) is 0.558. The van der Waals surface area contributed by atoms with Crippen LogP contribution in [0.4, 0.5) is 10.1 Å². The fraction of sp³-hybridized carbons (Fsp3) is 0.316. The highest BCUT2D eigenvalue weighted by molar-refractivity contribution is 7.99. The molecule has 0 fully saturated rings. The number of anilines is 1. The molecule has 1 N–H and O–H groups in total. The summed E-state index contributed by atoms with van der Waals surface area (Å²) in [6.45, 7) is 5.03. The van der Waals surface area contributed by atoms with E-state index < -0.39 is 0 Å². The minimum atomic E-state index is -0.331. The van der Waals surface area contributed by atoms with Gasteiger partial charge in [-0.3, -0.25) is 4.79 Å². The summed E-state index contributed by atoms with van der Waals surface area (Å²) in [5.41, 5.74) is 1.64. The predicted molar refractivity (Wildman–Crippen MR) is 109 cm³/mol. The van der Waals surface area contributed by atoms with Gasteiger partial charge < -0.3 is 9.88 Å². The summed E-state index contributed by atoms with van der Waals surface area (Å²) in [4.78, 5) is 13.5. The molecular weight excluding hydrogens is 383 g/mol. The van der Waals surface area contributed by atoms with Crippen molar-refractivity contribution < 1.29 is 9.18 Å². The Morgan fingerprint density at radius 3 is 2.70 bits per heavy atom. The van der Waals surface area contributed by atoms with Gasteiger partial charge in [0.2, 0.25) is 5.91 Å². The highest BCUT2D eigenvalue weighted by atomic mass is 32.2. The zero-order valence-corrected chi connectivity index (χ0v) is 16.9. The van der Waals surface area contributed by atoms with Gasteiger partial charge in [0.25, 0.3) is 0 Å². The number of amides is 1. The van der Waals surface area contributed by atoms with Crippen LogP contribution in [0.25, 0.3) is 11.4 Å². The lowest BCUT2D eigenvalue weighted by atomic mass is 10.2. The normalized spacial score (nSPS) is 10.9. The van der Waals surface area contributed by atoms with Crippen LogP contribution in [0, 0.1) is 5.82 Å². The average molecular weight is 405 g/mol. The first-order valence-corrected chi connectivity index (χ1v) is 10.7. The van der Waals surface area contributed by atoms with Crippen LogP contribution in [-0.4, -0.2) is 26.4 Å². The molecule has 0 radical (unpaired) electrons. The largest absolute Gasteiger partial charge is 0.325 e. The van der Waals surface area contributed by atoms with Crippen LogP contribution in [0.1, 0.15) is 25.1 Å². The van der Waals surface area contributed by atoms with Gasteiger partial charge in [-0.1, -0.05) is 25.6 Å². The number of halogens is 1. The van der Waals surface area contributed by atoms with Gasteiger partial charge in [0.1, 0.15) is 5.82 Å². The number of carbonyl (C=O) groups is 1. The zero-order chi connectivity index (χ0) is 19.2. The maximum absolute atomic E-state index is 12.9. The summed E-state index contributed by atoms with van der Waals surface area (Å²) in [7, 11) is 0. The molecule has 3 rings (SSSR count). The van der Waals surface area contributed by atoms with Crippen molar-refractivity contribution in [2.24, 2.45) is 0 Å². The minimum absolute atomic E-state index is 0.164. The van der Waals surface area contributed by atoms with Crippen LogP contribution in [0.3, 0.4) is 0 Å². The molecule has 27 heavy (non-hydrogen) atoms. The number of benzene rings is 1. The molecule has 0 atom stereocenters. The van der Waals surface area contributed by atoms with Gasteiger partial charge in [0, 0.05) is 28.1 Å². The third kappa shape index (κ3) is 4.95. The number of aryl methyl sites for hydroxylation is 1. The third-order valence-corrected chi connectivity index (χ3v) is 5.93. The van der Waals surface area contributed by atoms with Gasteiger partial charge >= 0.3 is 0 Å². The topological polar surface area (TPSA) is 59.8 Å². The van der Waals surface area contributed by atoms with Crippen molar-refractivity contribution in [3.8, 4) is 11.4 Å². The Hall–Kier alpha value is -2.19. The molecule has 0 saturated carbocycles. The van der Waals surface area contributed by atoms with E-state index in [1.54, 1.807) is 11.3 Å². The number of nitrogens with one attached hydrogen (secondary N) is 1. The van der Waals surface area contributed by atoms with Gasteiger partial charge in [-0.25, -0.2) is 4.39 Å². The van der Waals surface area contributed by atoms with E-state index in [9.17, 15) is 9.18 Å². The Balaban J connectivity index is 1.69. The second kappa shape index (κ2) is 9.14. The van der Waals surface area contributed by atoms with Crippen molar-refractivity contribution in [1.82, 2.24) is 14.8 Å². The van der Waals surface area contributed by atoms with E-state index in [0.29, 0.717) is 5.69 Å². The van der Waals surface area contributed by atoms with Gasteiger partial charge in [-0.15, -0.1) is 21.5 Å². The fourth-order valence-electron chi connectivity index (χ4n) is 2.58. The molecule has 5 nitrogen and oxygen atoms in total. The highest BCUT2D eigenvalue weighted by Gasteiger charge is 2.16. The summed E-state index contributed by atoms with van der Waals surface area (Å²) in [6.07, 6.45) is 1.95. The number of thiophene rings is 1. The highest BCUT2D eigenvalue weighted by Crippen LogP contribution is 2.28. The van der Waals surface area contributed by atoms with Crippen LogP contribution < -0.4 is 5.32 Å². The van der Waals surface area contributed by atoms with E-state index in [0.717, 1.165) is 35.9 Å². The Kier molecular flexibility index (Phi) is 6.63. The van der Waals surface area contributed by atoms with Crippen molar-refractivity contribution in [1.29, 1.82) is 0 Å². The molecule has 0 spiro atoms. The molecule has 142 valence electrons. The van der Waals surface area contributed by atoms with E-state index in [-0.39, 0.29) is 17.5 Å². The second-order valence-corrected chi connectivity index (χ2v) is 7.90. The van der Waals surface area contributed by atoms with Crippen molar-refractivity contribution >= 4 is 34.7 Å². The van der Waals surface area contributed by atoms with Crippen LogP contribution in [0.2, 0.25) is 0 Å². The van der Waals surface area contributed by atoms with Crippen molar-refractivity contribution in [2.75, 3.05) is 11.1 Å². The third-order valence-electron chi connectivity index (χ3n) is 3.88. The Bertz CT molecular complexity index is 905. The van der Waals surface area contributed by atoms with E-state index >= 15 is 0 Å². The standard InChI is InChI=1S/C19H21FN4OS2/c1-3-9-24-18(13-10-16(4-2)26-11-13)22-23-19(24)27-12-17(25)21-15-7-5-14(20)6-8-15/h5-8,10-11H,3-4,9,12H2,1-2H3,(H,21,25). The van der Waals surface area contributed by atoms with Crippen molar-refractivity contribution in [3.05, 3.63) is 46.4 Å². The maximum Gasteiger partial charge on any atom is 0.234 e. The smallest absolute Gasteiger partial charge is 0.234 e. The first kappa shape index (κ1) is 19.6. The molecule has 2 aromatic heterocycles. The van der Waals surface area contributed by atoms with E-state index in [1.165, 1.54) is 40.9 Å². The van der Waals surface area contributed by atoms with Gasteiger partial charge in [0.05, 0.1) is 5.75 Å². The molecular formula is C19H21FN4OS2. The lowest BCUT2D eigenvalue weighted by Crippen LogP contribution is -2.14. The summed E-state index contributed by atoms with van der Waals surface area (Å²) < 4.78 is 15.0. The summed E-state index contributed by atoms with van der Waals surface area (Å²) in [5, 5.41) is 14.2. The molecule has 8 heteroatoms. The molecule has 0 bridgehead atoms. The van der Waals surface area contributed by atoms with Crippen LogP contribution in [0.5, 0.6) is 0 Å². The Labute approximate surface area is 166 Å². The number of thioether (sulfide) groups is 1. The van der Waals surface area contributed by atoms with Crippen LogP contribution >= 0.6 is 23.1 Å². The van der Waals surface area contributed by atoms with Crippen molar-refractivity contribution in [2.45, 2.75) is 38.4 Å². The lowest BCUT2D eigenvalue weighted by molar-refractivity contribution is -0.113. The quantitative estimate of drug-likeness (QED) is 0.545. The Morgan fingerprint density at radius 2 is 2.04 bits per heavy atom. The first-order valence-electron chi connectivity index (χ1n) is 8.80. The number of nitrogens with zero attached hydrogens (tertiary/aromatic N) is 3. The number of hydrogen-bond donors (Lipinski definition) is 1. The molecule has 0 aliphatic rings. The molecule has 0 aliphatic heterocycles.